The average Bonchev–Trinajstić information content (AvgIpc) is 2.46. The maximum Gasteiger partial charge on any atom is 0.242 e. The van der Waals surface area contributed by atoms with E-state index in [2.05, 4.69) is 13.8 Å². The molecule has 0 aromatic rings. The topological polar surface area (TPSA) is 55.6 Å². The quantitative estimate of drug-likeness (QED) is 0.662. The van der Waals surface area contributed by atoms with E-state index in [4.69, 9.17) is 10.5 Å². The van der Waals surface area contributed by atoms with Gasteiger partial charge in [0.1, 0.15) is 0 Å². The van der Waals surface area contributed by atoms with Gasteiger partial charge in [0.05, 0.1) is 5.54 Å². The first-order valence-electron chi connectivity index (χ1n) is 8.30. The van der Waals surface area contributed by atoms with Gasteiger partial charge >= 0.3 is 0 Å². The molecule has 1 saturated heterocycles. The van der Waals surface area contributed by atoms with Crippen molar-refractivity contribution < 1.29 is 9.53 Å². The van der Waals surface area contributed by atoms with Gasteiger partial charge in [-0.25, -0.2) is 0 Å². The van der Waals surface area contributed by atoms with E-state index in [9.17, 15) is 4.79 Å². The highest BCUT2D eigenvalue weighted by Gasteiger charge is 2.38. The minimum atomic E-state index is -0.684. The van der Waals surface area contributed by atoms with Gasteiger partial charge in [-0.3, -0.25) is 4.79 Å². The van der Waals surface area contributed by atoms with Crippen molar-refractivity contribution in [1.29, 1.82) is 0 Å². The molecule has 0 aliphatic carbocycles. The molecule has 4 heteroatoms. The predicted molar refractivity (Wildman–Crippen MR) is 82.6 cm³/mol. The number of hydrogen-bond donors (Lipinski definition) is 1. The summed E-state index contributed by atoms with van der Waals surface area (Å²) in [7, 11) is 0. The Bertz CT molecular complexity index is 266. The van der Waals surface area contributed by atoms with Crippen molar-refractivity contribution in [3.8, 4) is 0 Å². The standard InChI is InChI=1S/C16H32N2O2/c1-3-5-7-11-18(12-8-6-4-2)15(19)16(17)9-13-20-14-10-16/h3-14,17H2,1-2H3. The maximum absolute atomic E-state index is 12.8. The molecule has 1 fully saturated rings. The summed E-state index contributed by atoms with van der Waals surface area (Å²) in [5.41, 5.74) is 5.66. The molecule has 0 atom stereocenters. The maximum atomic E-state index is 12.8. The van der Waals surface area contributed by atoms with Crippen LogP contribution in [0.15, 0.2) is 0 Å². The van der Waals surface area contributed by atoms with Gasteiger partial charge in [-0.1, -0.05) is 39.5 Å². The van der Waals surface area contributed by atoms with Crippen LogP contribution in [0.1, 0.15) is 65.2 Å². The van der Waals surface area contributed by atoms with Gasteiger partial charge in [-0.15, -0.1) is 0 Å². The molecule has 0 aromatic heterocycles. The molecule has 0 aromatic carbocycles. The van der Waals surface area contributed by atoms with E-state index in [1.807, 2.05) is 4.90 Å². The zero-order chi connectivity index (χ0) is 14.8. The van der Waals surface area contributed by atoms with Crippen LogP contribution in [-0.2, 0) is 9.53 Å². The molecule has 1 rings (SSSR count). The molecule has 1 amide bonds. The molecule has 1 aliphatic heterocycles. The summed E-state index contributed by atoms with van der Waals surface area (Å²) in [6.45, 7) is 7.31. The molecule has 4 nitrogen and oxygen atoms in total. The Balaban J connectivity index is 2.56. The Kier molecular flexibility index (Phi) is 8.15. The summed E-state index contributed by atoms with van der Waals surface area (Å²) in [5.74, 6) is 0.146. The molecule has 0 saturated carbocycles. The largest absolute Gasteiger partial charge is 0.381 e. The smallest absolute Gasteiger partial charge is 0.242 e. The average molecular weight is 284 g/mol. The summed E-state index contributed by atoms with van der Waals surface area (Å²) in [4.78, 5) is 14.8. The van der Waals surface area contributed by atoms with Crippen LogP contribution in [0, 0.1) is 0 Å². The van der Waals surface area contributed by atoms with Crippen LogP contribution in [-0.4, -0.2) is 42.6 Å². The van der Waals surface area contributed by atoms with Crippen LogP contribution >= 0.6 is 0 Å². The molecule has 0 unspecified atom stereocenters. The van der Waals surface area contributed by atoms with Gasteiger partial charge in [-0.2, -0.15) is 0 Å². The third-order valence-corrected chi connectivity index (χ3v) is 4.16. The Hall–Kier alpha value is -0.610. The van der Waals surface area contributed by atoms with Crippen LogP contribution in [0.3, 0.4) is 0 Å². The molecule has 0 bridgehead atoms. The summed E-state index contributed by atoms with van der Waals surface area (Å²) in [6.07, 6.45) is 8.20. The summed E-state index contributed by atoms with van der Waals surface area (Å²) in [5, 5.41) is 0. The fourth-order valence-electron chi connectivity index (χ4n) is 2.68. The van der Waals surface area contributed by atoms with E-state index in [1.54, 1.807) is 0 Å². The van der Waals surface area contributed by atoms with Crippen LogP contribution in [0.5, 0.6) is 0 Å². The lowest BCUT2D eigenvalue weighted by atomic mass is 9.89. The van der Waals surface area contributed by atoms with Gasteiger partial charge in [0.25, 0.3) is 0 Å². The van der Waals surface area contributed by atoms with Crippen LogP contribution in [0.2, 0.25) is 0 Å². The molecule has 2 N–H and O–H groups in total. The van der Waals surface area contributed by atoms with Gasteiger partial charge in [0.2, 0.25) is 5.91 Å². The summed E-state index contributed by atoms with van der Waals surface area (Å²) in [6, 6.07) is 0. The first-order chi connectivity index (χ1) is 9.64. The fraction of sp³-hybridized carbons (Fsp3) is 0.938. The summed E-state index contributed by atoms with van der Waals surface area (Å²) >= 11 is 0. The Morgan fingerprint density at radius 3 is 2.00 bits per heavy atom. The predicted octanol–water partition coefficient (Wildman–Crippen LogP) is 2.70. The number of nitrogens with two attached hydrogens (primary N) is 1. The molecule has 0 radical (unpaired) electrons. The van der Waals surface area contributed by atoms with E-state index in [1.165, 1.54) is 25.7 Å². The molecule has 0 spiro atoms. The number of unbranched alkanes of at least 4 members (excludes halogenated alkanes) is 4. The van der Waals surface area contributed by atoms with Crippen molar-refractivity contribution in [2.45, 2.75) is 70.8 Å². The minimum Gasteiger partial charge on any atom is -0.381 e. The zero-order valence-corrected chi connectivity index (χ0v) is 13.3. The Labute approximate surface area is 124 Å². The van der Waals surface area contributed by atoms with Crippen molar-refractivity contribution in [3.05, 3.63) is 0 Å². The number of ether oxygens (including phenoxy) is 1. The van der Waals surface area contributed by atoms with Crippen molar-refractivity contribution in [2.75, 3.05) is 26.3 Å². The number of hydrogen-bond acceptors (Lipinski definition) is 3. The SMILES string of the molecule is CCCCCN(CCCCC)C(=O)C1(N)CCOCC1. The number of carbonyl (C=O) groups excluding carboxylic acids is 1. The first kappa shape index (κ1) is 17.4. The molecule has 20 heavy (non-hydrogen) atoms. The lowest BCUT2D eigenvalue weighted by Gasteiger charge is -2.37. The van der Waals surface area contributed by atoms with Gasteiger partial charge < -0.3 is 15.4 Å². The van der Waals surface area contributed by atoms with Crippen LogP contribution in [0.25, 0.3) is 0 Å². The van der Waals surface area contributed by atoms with Gasteiger partial charge in [0, 0.05) is 26.3 Å². The highest BCUT2D eigenvalue weighted by molar-refractivity contribution is 5.86. The van der Waals surface area contributed by atoms with Crippen molar-refractivity contribution in [1.82, 2.24) is 4.90 Å². The van der Waals surface area contributed by atoms with Crippen molar-refractivity contribution in [3.63, 3.8) is 0 Å². The third-order valence-electron chi connectivity index (χ3n) is 4.16. The Morgan fingerprint density at radius 1 is 1.05 bits per heavy atom. The van der Waals surface area contributed by atoms with E-state index in [0.717, 1.165) is 25.9 Å². The lowest BCUT2D eigenvalue weighted by molar-refractivity contribution is -0.140. The normalized spacial score (nSPS) is 17.9. The van der Waals surface area contributed by atoms with E-state index < -0.39 is 5.54 Å². The second-order valence-electron chi connectivity index (χ2n) is 5.97. The van der Waals surface area contributed by atoms with Crippen molar-refractivity contribution >= 4 is 5.91 Å². The lowest BCUT2D eigenvalue weighted by Crippen LogP contribution is -2.58. The minimum absolute atomic E-state index is 0.146. The van der Waals surface area contributed by atoms with Crippen LogP contribution < -0.4 is 5.73 Å². The summed E-state index contributed by atoms with van der Waals surface area (Å²) < 4.78 is 5.34. The molecule has 1 heterocycles. The van der Waals surface area contributed by atoms with E-state index in [-0.39, 0.29) is 5.91 Å². The third kappa shape index (κ3) is 5.41. The van der Waals surface area contributed by atoms with Crippen LogP contribution in [0.4, 0.5) is 0 Å². The second kappa shape index (κ2) is 9.35. The number of carbonyl (C=O) groups is 1. The Morgan fingerprint density at radius 2 is 1.55 bits per heavy atom. The van der Waals surface area contributed by atoms with Gasteiger partial charge in [-0.05, 0) is 25.7 Å². The monoisotopic (exact) mass is 284 g/mol. The highest BCUT2D eigenvalue weighted by atomic mass is 16.5. The molecular weight excluding hydrogens is 252 g/mol. The highest BCUT2D eigenvalue weighted by Crippen LogP contribution is 2.21. The number of nitrogens with zero attached hydrogens (tertiary/aromatic N) is 1. The van der Waals surface area contributed by atoms with E-state index in [0.29, 0.717) is 26.1 Å². The molecule has 118 valence electrons. The number of amides is 1. The van der Waals surface area contributed by atoms with Crippen molar-refractivity contribution in [2.24, 2.45) is 5.73 Å². The zero-order valence-electron chi connectivity index (χ0n) is 13.3. The van der Waals surface area contributed by atoms with Gasteiger partial charge in [0.15, 0.2) is 0 Å². The first-order valence-corrected chi connectivity index (χ1v) is 8.30. The fourth-order valence-corrected chi connectivity index (χ4v) is 2.68. The second-order valence-corrected chi connectivity index (χ2v) is 5.97. The molecular formula is C16H32N2O2. The van der Waals surface area contributed by atoms with E-state index >= 15 is 0 Å². The number of rotatable bonds is 9. The molecule has 1 aliphatic rings.